The Bertz CT molecular complexity index is 1250. The van der Waals surface area contributed by atoms with Crippen LogP contribution in [-0.2, 0) is 38.8 Å². The van der Waals surface area contributed by atoms with Crippen LogP contribution in [0.5, 0.6) is 0 Å². The van der Waals surface area contributed by atoms with Crippen molar-refractivity contribution in [3.05, 3.63) is 107 Å². The number of nitrogens with one attached hydrogen (secondary N) is 1. The molecule has 0 radical (unpaired) electrons. The molecule has 3 aromatic carbocycles. The van der Waals surface area contributed by atoms with Gasteiger partial charge in [-0.05, 0) is 42.1 Å². The quantitative estimate of drug-likeness (QED) is 0.206. The van der Waals surface area contributed by atoms with Crippen molar-refractivity contribution >= 4 is 11.9 Å². The van der Waals surface area contributed by atoms with Crippen molar-refractivity contribution in [2.75, 3.05) is 13.6 Å². The Labute approximate surface area is 248 Å². The number of carboxylic acid groups (broad SMARTS) is 1. The molecule has 4 rings (SSSR count). The molecule has 8 heteroatoms. The van der Waals surface area contributed by atoms with E-state index in [0.717, 1.165) is 41.8 Å². The largest absolute Gasteiger partial charge is 0.481 e. The second-order valence-corrected chi connectivity index (χ2v) is 11.0. The van der Waals surface area contributed by atoms with Gasteiger partial charge in [0.15, 0.2) is 6.29 Å². The van der Waals surface area contributed by atoms with Gasteiger partial charge in [-0.15, -0.1) is 0 Å². The molecule has 0 bridgehead atoms. The SMILES string of the molecule is CN(Cc1ccccc1)C[C@H]1C[C@@H](c2ccc(CO)cc2)O[C@@H](c2ccc(CNC(=O)CCCCCC(=O)O)cc2)O1. The van der Waals surface area contributed by atoms with Gasteiger partial charge in [-0.2, -0.15) is 0 Å². The van der Waals surface area contributed by atoms with Gasteiger partial charge in [0.1, 0.15) is 0 Å². The van der Waals surface area contributed by atoms with Crippen molar-refractivity contribution in [3.63, 3.8) is 0 Å². The van der Waals surface area contributed by atoms with E-state index in [-0.39, 0.29) is 31.1 Å². The highest BCUT2D eigenvalue weighted by atomic mass is 16.7. The average Bonchev–Trinajstić information content (AvgIpc) is 3.00. The van der Waals surface area contributed by atoms with Crippen LogP contribution in [0.3, 0.4) is 0 Å². The van der Waals surface area contributed by atoms with Gasteiger partial charge in [0.25, 0.3) is 0 Å². The van der Waals surface area contributed by atoms with E-state index < -0.39 is 12.3 Å². The Morgan fingerprint density at radius 1 is 0.833 bits per heavy atom. The van der Waals surface area contributed by atoms with Crippen LogP contribution in [-0.4, -0.2) is 46.7 Å². The fourth-order valence-corrected chi connectivity index (χ4v) is 5.16. The van der Waals surface area contributed by atoms with E-state index in [0.29, 0.717) is 32.2 Å². The number of carbonyl (C=O) groups is 2. The molecule has 8 nitrogen and oxygen atoms in total. The summed E-state index contributed by atoms with van der Waals surface area (Å²) in [6.07, 6.45) is 2.52. The number of carbonyl (C=O) groups excluding carboxylic acids is 1. The summed E-state index contributed by atoms with van der Waals surface area (Å²) < 4.78 is 13.0. The van der Waals surface area contributed by atoms with Crippen molar-refractivity contribution in [1.29, 1.82) is 0 Å². The summed E-state index contributed by atoms with van der Waals surface area (Å²) in [5.74, 6) is -0.837. The Kier molecular flexibility index (Phi) is 12.1. The highest BCUT2D eigenvalue weighted by molar-refractivity contribution is 5.75. The number of hydrogen-bond donors (Lipinski definition) is 3. The van der Waals surface area contributed by atoms with Crippen molar-refractivity contribution in [2.45, 2.75) is 76.7 Å². The fraction of sp³-hybridized carbons (Fsp3) is 0.412. The molecule has 3 N–H and O–H groups in total. The molecule has 1 aliphatic rings. The number of amides is 1. The second-order valence-electron chi connectivity index (χ2n) is 11.0. The molecular weight excluding hydrogens is 532 g/mol. The van der Waals surface area contributed by atoms with Crippen molar-refractivity contribution in [2.24, 2.45) is 0 Å². The molecule has 0 aromatic heterocycles. The molecule has 1 aliphatic heterocycles. The maximum atomic E-state index is 12.2. The number of carboxylic acids is 1. The zero-order valence-corrected chi connectivity index (χ0v) is 24.3. The first-order valence-corrected chi connectivity index (χ1v) is 14.7. The van der Waals surface area contributed by atoms with Crippen LogP contribution in [0.25, 0.3) is 0 Å². The van der Waals surface area contributed by atoms with Gasteiger partial charge in [-0.3, -0.25) is 14.5 Å². The topological polar surface area (TPSA) is 108 Å². The van der Waals surface area contributed by atoms with Gasteiger partial charge >= 0.3 is 5.97 Å². The molecule has 0 spiro atoms. The Morgan fingerprint density at radius 2 is 1.50 bits per heavy atom. The van der Waals surface area contributed by atoms with Gasteiger partial charge in [0, 0.05) is 44.5 Å². The molecule has 3 atom stereocenters. The summed E-state index contributed by atoms with van der Waals surface area (Å²) in [6.45, 7) is 2.00. The van der Waals surface area contributed by atoms with Crippen molar-refractivity contribution < 1.29 is 29.3 Å². The van der Waals surface area contributed by atoms with Gasteiger partial charge < -0.3 is 25.0 Å². The summed E-state index contributed by atoms with van der Waals surface area (Å²) in [4.78, 5) is 25.1. The maximum Gasteiger partial charge on any atom is 0.303 e. The van der Waals surface area contributed by atoms with E-state index >= 15 is 0 Å². The fourth-order valence-electron chi connectivity index (χ4n) is 5.16. The van der Waals surface area contributed by atoms with Crippen LogP contribution in [0.4, 0.5) is 0 Å². The molecule has 42 heavy (non-hydrogen) atoms. The van der Waals surface area contributed by atoms with Crippen LogP contribution < -0.4 is 5.32 Å². The Hall–Kier alpha value is -3.56. The summed E-state index contributed by atoms with van der Waals surface area (Å²) in [7, 11) is 2.10. The zero-order valence-electron chi connectivity index (χ0n) is 24.3. The van der Waals surface area contributed by atoms with Crippen LogP contribution in [0.1, 0.15) is 78.7 Å². The standard InChI is InChI=1S/C34H42N2O6/c1-36(22-26-8-4-2-5-9-26)23-30-20-31(28-16-14-27(24-37)15-17-28)42-34(41-30)29-18-12-25(13-19-29)21-35-32(38)10-6-3-7-11-33(39)40/h2,4-5,8-9,12-19,30-31,34,37H,3,6-7,10-11,20-24H2,1H3,(H,35,38)(H,39,40)/t30-,31+,34+/m1/s1. The molecule has 1 saturated heterocycles. The highest BCUT2D eigenvalue weighted by Gasteiger charge is 2.32. The number of rotatable bonds is 15. The van der Waals surface area contributed by atoms with Gasteiger partial charge in [-0.1, -0.05) is 85.3 Å². The first-order valence-electron chi connectivity index (χ1n) is 14.7. The first-order chi connectivity index (χ1) is 20.4. The van der Waals surface area contributed by atoms with E-state index in [2.05, 4.69) is 41.5 Å². The minimum absolute atomic E-state index is 0.00401. The maximum absolute atomic E-state index is 12.2. The molecule has 1 amide bonds. The minimum atomic E-state index is -0.801. The number of unbranched alkanes of at least 4 members (excludes halogenated alkanes) is 2. The summed E-state index contributed by atoms with van der Waals surface area (Å²) in [5, 5.41) is 21.1. The van der Waals surface area contributed by atoms with Crippen molar-refractivity contribution in [1.82, 2.24) is 10.2 Å². The van der Waals surface area contributed by atoms with Crippen LogP contribution >= 0.6 is 0 Å². The normalized spacial score (nSPS) is 18.6. The lowest BCUT2D eigenvalue weighted by atomic mass is 9.99. The lowest BCUT2D eigenvalue weighted by molar-refractivity contribution is -0.252. The number of nitrogens with zero attached hydrogens (tertiary/aromatic N) is 1. The van der Waals surface area contributed by atoms with Gasteiger partial charge in [-0.25, -0.2) is 0 Å². The lowest BCUT2D eigenvalue weighted by Gasteiger charge is -2.38. The van der Waals surface area contributed by atoms with Gasteiger partial charge in [0.2, 0.25) is 5.91 Å². The average molecular weight is 575 g/mol. The first kappa shape index (κ1) is 31.4. The number of aliphatic carboxylic acids is 1. The third kappa shape index (κ3) is 10.1. The Morgan fingerprint density at radius 3 is 2.19 bits per heavy atom. The predicted molar refractivity (Wildman–Crippen MR) is 160 cm³/mol. The van der Waals surface area contributed by atoms with E-state index in [9.17, 15) is 14.7 Å². The van der Waals surface area contributed by atoms with E-state index in [1.807, 2.05) is 54.6 Å². The number of hydrogen-bond acceptors (Lipinski definition) is 6. The number of benzene rings is 3. The van der Waals surface area contributed by atoms with E-state index in [4.69, 9.17) is 14.6 Å². The minimum Gasteiger partial charge on any atom is -0.481 e. The summed E-state index contributed by atoms with van der Waals surface area (Å²) in [6, 6.07) is 26.2. The number of aliphatic hydroxyl groups excluding tert-OH is 1. The number of ether oxygens (including phenoxy) is 2. The predicted octanol–water partition coefficient (Wildman–Crippen LogP) is 5.51. The van der Waals surface area contributed by atoms with Crippen LogP contribution in [0, 0.1) is 0 Å². The second kappa shape index (κ2) is 16.2. The zero-order chi connectivity index (χ0) is 29.7. The van der Waals surface area contributed by atoms with Gasteiger partial charge in [0.05, 0.1) is 18.8 Å². The summed E-state index contributed by atoms with van der Waals surface area (Å²) in [5.41, 5.74) is 5.06. The van der Waals surface area contributed by atoms with E-state index in [1.165, 1.54) is 5.56 Å². The molecule has 0 aliphatic carbocycles. The van der Waals surface area contributed by atoms with Crippen LogP contribution in [0.2, 0.25) is 0 Å². The number of aliphatic hydroxyl groups is 1. The molecule has 0 unspecified atom stereocenters. The Balaban J connectivity index is 1.36. The number of likely N-dealkylation sites (N-methyl/N-ethyl adjacent to an activating group) is 1. The molecule has 224 valence electrons. The third-order valence-electron chi connectivity index (χ3n) is 7.46. The lowest BCUT2D eigenvalue weighted by Crippen LogP contribution is -2.37. The molecular formula is C34H42N2O6. The smallest absolute Gasteiger partial charge is 0.303 e. The monoisotopic (exact) mass is 574 g/mol. The summed E-state index contributed by atoms with van der Waals surface area (Å²) >= 11 is 0. The third-order valence-corrected chi connectivity index (χ3v) is 7.46. The van der Waals surface area contributed by atoms with E-state index in [1.54, 1.807) is 0 Å². The molecule has 1 heterocycles. The highest BCUT2D eigenvalue weighted by Crippen LogP contribution is 2.38. The van der Waals surface area contributed by atoms with Crippen LogP contribution in [0.15, 0.2) is 78.9 Å². The molecule has 3 aromatic rings. The molecule has 1 fully saturated rings. The van der Waals surface area contributed by atoms with Crippen molar-refractivity contribution in [3.8, 4) is 0 Å². The molecule has 0 saturated carbocycles.